The average Bonchev–Trinajstić information content (AvgIpc) is 2.78. The first-order valence-corrected chi connectivity index (χ1v) is 6.59. The Kier molecular flexibility index (Phi) is 4.37. The molecule has 0 unspecified atom stereocenters. The van der Waals surface area contributed by atoms with Crippen LogP contribution in [-0.4, -0.2) is 44.0 Å². The lowest BCUT2D eigenvalue weighted by Gasteiger charge is -2.23. The van der Waals surface area contributed by atoms with Gasteiger partial charge in [0.2, 0.25) is 5.91 Å². The maximum absolute atomic E-state index is 13.3. The third-order valence-electron chi connectivity index (χ3n) is 3.49. The maximum atomic E-state index is 13.3. The minimum absolute atomic E-state index is 0.0468. The van der Waals surface area contributed by atoms with Crippen LogP contribution in [0.1, 0.15) is 12.0 Å². The Balaban J connectivity index is 1.98. The lowest BCUT2D eigenvalue weighted by Crippen LogP contribution is -2.38. The highest BCUT2D eigenvalue weighted by molar-refractivity contribution is 5.82. The number of carbonyl (C=O) groups is 1. The highest BCUT2D eigenvalue weighted by Crippen LogP contribution is 2.28. The van der Waals surface area contributed by atoms with E-state index in [1.807, 2.05) is 4.90 Å². The van der Waals surface area contributed by atoms with Crippen LogP contribution in [-0.2, 0) is 11.2 Å². The minimum atomic E-state index is -0.255. The number of halogens is 1. The molecule has 5 heteroatoms. The normalized spacial score (nSPS) is 13.5. The van der Waals surface area contributed by atoms with Crippen molar-refractivity contribution in [3.8, 4) is 0 Å². The summed E-state index contributed by atoms with van der Waals surface area (Å²) in [5.41, 5.74) is 7.39. The van der Waals surface area contributed by atoms with Gasteiger partial charge < -0.3 is 15.5 Å². The third-order valence-corrected chi connectivity index (χ3v) is 3.49. The van der Waals surface area contributed by atoms with E-state index in [-0.39, 0.29) is 11.7 Å². The lowest BCUT2D eigenvalue weighted by molar-refractivity contribution is -0.128. The predicted octanol–water partition coefficient (Wildman–Crippen LogP) is 0.995. The van der Waals surface area contributed by atoms with Gasteiger partial charge in [-0.25, -0.2) is 4.39 Å². The van der Waals surface area contributed by atoms with E-state index in [9.17, 15) is 9.18 Å². The van der Waals surface area contributed by atoms with E-state index in [1.165, 1.54) is 12.1 Å². The van der Waals surface area contributed by atoms with Gasteiger partial charge in [0.15, 0.2) is 0 Å². The first kappa shape index (κ1) is 13.8. The monoisotopic (exact) mass is 265 g/mol. The van der Waals surface area contributed by atoms with Gasteiger partial charge in [-0.2, -0.15) is 0 Å². The van der Waals surface area contributed by atoms with Crippen molar-refractivity contribution >= 4 is 11.6 Å². The van der Waals surface area contributed by atoms with Gasteiger partial charge in [0.25, 0.3) is 0 Å². The second kappa shape index (κ2) is 6.02. The van der Waals surface area contributed by atoms with E-state index in [2.05, 4.69) is 0 Å². The van der Waals surface area contributed by atoms with Crippen LogP contribution in [0, 0.1) is 5.82 Å². The fraction of sp³-hybridized carbons (Fsp3) is 0.500. The van der Waals surface area contributed by atoms with E-state index >= 15 is 0 Å². The Bertz CT molecular complexity index is 464. The number of anilines is 1. The molecular weight excluding hydrogens is 245 g/mol. The SMILES string of the molecule is CN(CCCN)C(=O)CN1CCc2ccc(F)cc21. The number of hydrogen-bond acceptors (Lipinski definition) is 3. The number of benzene rings is 1. The first-order valence-electron chi connectivity index (χ1n) is 6.59. The molecule has 1 aromatic rings. The molecular formula is C14H20FN3O. The molecule has 0 atom stereocenters. The highest BCUT2D eigenvalue weighted by atomic mass is 19.1. The van der Waals surface area contributed by atoms with E-state index in [4.69, 9.17) is 5.73 Å². The second-order valence-corrected chi connectivity index (χ2v) is 4.90. The molecule has 0 radical (unpaired) electrons. The molecule has 0 saturated heterocycles. The Morgan fingerprint density at radius 1 is 1.53 bits per heavy atom. The zero-order valence-electron chi connectivity index (χ0n) is 11.2. The van der Waals surface area contributed by atoms with Crippen molar-refractivity contribution in [1.82, 2.24) is 4.90 Å². The fourth-order valence-electron chi connectivity index (χ4n) is 2.32. The van der Waals surface area contributed by atoms with Gasteiger partial charge in [-0.15, -0.1) is 0 Å². The molecule has 104 valence electrons. The van der Waals surface area contributed by atoms with E-state index in [0.29, 0.717) is 19.6 Å². The first-order chi connectivity index (χ1) is 9.11. The molecule has 1 heterocycles. The Morgan fingerprint density at radius 2 is 2.32 bits per heavy atom. The van der Waals surface area contributed by atoms with Crippen molar-refractivity contribution in [2.24, 2.45) is 5.73 Å². The van der Waals surface area contributed by atoms with Crippen LogP contribution in [0.5, 0.6) is 0 Å². The molecule has 1 aliphatic heterocycles. The lowest BCUT2D eigenvalue weighted by atomic mass is 10.2. The smallest absolute Gasteiger partial charge is 0.241 e. The van der Waals surface area contributed by atoms with Crippen LogP contribution >= 0.6 is 0 Å². The molecule has 0 aliphatic carbocycles. The molecule has 0 saturated carbocycles. The summed E-state index contributed by atoms with van der Waals surface area (Å²) in [6.07, 6.45) is 1.67. The summed E-state index contributed by atoms with van der Waals surface area (Å²) in [6, 6.07) is 4.78. The van der Waals surface area contributed by atoms with Crippen LogP contribution in [0.2, 0.25) is 0 Å². The Morgan fingerprint density at radius 3 is 3.05 bits per heavy atom. The Labute approximate surface area is 113 Å². The summed E-state index contributed by atoms with van der Waals surface area (Å²) >= 11 is 0. The van der Waals surface area contributed by atoms with E-state index < -0.39 is 0 Å². The standard InChI is InChI=1S/C14H20FN3O/c1-17(7-2-6-16)14(19)10-18-8-5-11-3-4-12(15)9-13(11)18/h3-4,9H,2,5-8,10,16H2,1H3. The van der Waals surface area contributed by atoms with Crippen LogP contribution in [0.4, 0.5) is 10.1 Å². The molecule has 19 heavy (non-hydrogen) atoms. The summed E-state index contributed by atoms with van der Waals surface area (Å²) in [4.78, 5) is 15.7. The van der Waals surface area contributed by atoms with E-state index in [0.717, 1.165) is 30.6 Å². The minimum Gasteiger partial charge on any atom is -0.362 e. The average molecular weight is 265 g/mol. The number of rotatable bonds is 5. The highest BCUT2D eigenvalue weighted by Gasteiger charge is 2.22. The van der Waals surface area contributed by atoms with Gasteiger partial charge in [0, 0.05) is 25.8 Å². The second-order valence-electron chi connectivity index (χ2n) is 4.90. The van der Waals surface area contributed by atoms with Crippen LogP contribution in [0.25, 0.3) is 0 Å². The molecule has 1 aromatic carbocycles. The van der Waals surface area contributed by atoms with Crippen molar-refractivity contribution < 1.29 is 9.18 Å². The number of carbonyl (C=O) groups excluding carboxylic acids is 1. The number of nitrogens with two attached hydrogens (primary N) is 1. The van der Waals surface area contributed by atoms with Gasteiger partial charge in [0.1, 0.15) is 5.82 Å². The van der Waals surface area contributed by atoms with Gasteiger partial charge in [-0.1, -0.05) is 6.07 Å². The maximum Gasteiger partial charge on any atom is 0.241 e. The zero-order valence-corrected chi connectivity index (χ0v) is 11.2. The zero-order chi connectivity index (χ0) is 13.8. The molecule has 0 spiro atoms. The fourth-order valence-corrected chi connectivity index (χ4v) is 2.32. The summed E-state index contributed by atoms with van der Waals surface area (Å²) in [5.74, 6) is -0.208. The number of amides is 1. The third kappa shape index (κ3) is 3.23. The van der Waals surface area contributed by atoms with Crippen LogP contribution < -0.4 is 10.6 Å². The van der Waals surface area contributed by atoms with Gasteiger partial charge in [-0.3, -0.25) is 4.79 Å². The van der Waals surface area contributed by atoms with Crippen molar-refractivity contribution in [2.75, 3.05) is 38.1 Å². The topological polar surface area (TPSA) is 49.6 Å². The molecule has 4 nitrogen and oxygen atoms in total. The summed E-state index contributed by atoms with van der Waals surface area (Å²) < 4.78 is 13.3. The summed E-state index contributed by atoms with van der Waals surface area (Å²) in [6.45, 7) is 2.32. The van der Waals surface area contributed by atoms with Crippen molar-refractivity contribution in [3.05, 3.63) is 29.6 Å². The van der Waals surface area contributed by atoms with Crippen molar-refractivity contribution in [1.29, 1.82) is 0 Å². The molecule has 1 amide bonds. The molecule has 1 aliphatic rings. The molecule has 2 rings (SSSR count). The molecule has 2 N–H and O–H groups in total. The molecule has 0 bridgehead atoms. The van der Waals surface area contributed by atoms with Crippen LogP contribution in [0.15, 0.2) is 18.2 Å². The molecule has 0 aromatic heterocycles. The van der Waals surface area contributed by atoms with Gasteiger partial charge in [0.05, 0.1) is 6.54 Å². The summed E-state index contributed by atoms with van der Waals surface area (Å²) in [7, 11) is 1.78. The van der Waals surface area contributed by atoms with Crippen molar-refractivity contribution in [3.63, 3.8) is 0 Å². The summed E-state index contributed by atoms with van der Waals surface area (Å²) in [5, 5.41) is 0. The largest absolute Gasteiger partial charge is 0.362 e. The number of hydrogen-bond donors (Lipinski definition) is 1. The van der Waals surface area contributed by atoms with Crippen molar-refractivity contribution in [2.45, 2.75) is 12.8 Å². The number of nitrogens with zero attached hydrogens (tertiary/aromatic N) is 2. The number of fused-ring (bicyclic) bond motifs is 1. The van der Waals surface area contributed by atoms with Gasteiger partial charge >= 0.3 is 0 Å². The van der Waals surface area contributed by atoms with Gasteiger partial charge in [-0.05, 0) is 37.1 Å². The van der Waals surface area contributed by atoms with Crippen LogP contribution in [0.3, 0.4) is 0 Å². The number of likely N-dealkylation sites (N-methyl/N-ethyl adjacent to an activating group) is 1. The Hall–Kier alpha value is -1.62. The quantitative estimate of drug-likeness (QED) is 0.864. The molecule has 0 fully saturated rings. The predicted molar refractivity (Wildman–Crippen MR) is 73.6 cm³/mol. The van der Waals surface area contributed by atoms with E-state index in [1.54, 1.807) is 18.0 Å².